The predicted molar refractivity (Wildman–Crippen MR) is 114 cm³/mol. The lowest BCUT2D eigenvalue weighted by Gasteiger charge is -2.56. The van der Waals surface area contributed by atoms with Gasteiger partial charge in [-0.2, -0.15) is 0 Å². The quantitative estimate of drug-likeness (QED) is 0.626. The van der Waals surface area contributed by atoms with E-state index in [1.165, 1.54) is 50.3 Å². The number of benzene rings is 1. The Hall–Kier alpha value is -2.15. The average molecular weight is 408 g/mol. The number of carbonyl (C=O) groups is 1. The summed E-state index contributed by atoms with van der Waals surface area (Å²) in [6.45, 7) is 0.843. The Balaban J connectivity index is 1.09. The van der Waals surface area contributed by atoms with Crippen molar-refractivity contribution in [2.24, 2.45) is 23.2 Å². The second-order valence-corrected chi connectivity index (χ2v) is 10.4. The number of nitrogens with zero attached hydrogens (tertiary/aromatic N) is 3. The van der Waals surface area contributed by atoms with Crippen LogP contribution in [-0.2, 0) is 4.79 Å². The number of para-hydroxylation sites is 1. The molecule has 7 heteroatoms. The molecule has 6 nitrogen and oxygen atoms in total. The van der Waals surface area contributed by atoms with Gasteiger partial charge in [-0.3, -0.25) is 4.79 Å². The third-order valence-corrected chi connectivity index (χ3v) is 8.10. The van der Waals surface area contributed by atoms with E-state index in [4.69, 9.17) is 0 Å². The molecule has 7 rings (SSSR count). The van der Waals surface area contributed by atoms with Gasteiger partial charge in [0.25, 0.3) is 0 Å². The smallest absolute Gasteiger partial charge is 0.230 e. The summed E-state index contributed by atoms with van der Waals surface area (Å²) in [5.74, 6) is 3.14. The highest BCUT2D eigenvalue weighted by atomic mass is 32.2. The number of aromatic nitrogens is 4. The monoisotopic (exact) mass is 407 g/mol. The average Bonchev–Trinajstić information content (AvgIpc) is 3.07. The third-order valence-electron chi connectivity index (χ3n) is 7.26. The van der Waals surface area contributed by atoms with Gasteiger partial charge in [0.05, 0.1) is 5.75 Å². The molecule has 0 spiro atoms. The molecule has 4 fully saturated rings. The first-order valence-electron chi connectivity index (χ1n) is 10.7. The van der Waals surface area contributed by atoms with Crippen molar-refractivity contribution in [2.45, 2.75) is 43.7 Å². The summed E-state index contributed by atoms with van der Waals surface area (Å²) in [6, 6.07) is 7.97. The van der Waals surface area contributed by atoms with Gasteiger partial charge in [0.2, 0.25) is 11.1 Å². The Morgan fingerprint density at radius 2 is 1.83 bits per heavy atom. The minimum atomic E-state index is 0.0751. The summed E-state index contributed by atoms with van der Waals surface area (Å²) in [6.07, 6.45) is 8.25. The van der Waals surface area contributed by atoms with E-state index >= 15 is 0 Å². The SMILES string of the molecule is O=C(CSc1nnc2c(n1)[nH]c1ccccc12)NCC12CC3CC(CC(C3)C1)C2. The highest BCUT2D eigenvalue weighted by Gasteiger charge is 2.50. The lowest BCUT2D eigenvalue weighted by atomic mass is 9.49. The van der Waals surface area contributed by atoms with Crippen LogP contribution in [0.15, 0.2) is 29.4 Å². The van der Waals surface area contributed by atoms with E-state index in [1.807, 2.05) is 24.3 Å². The number of nitrogens with one attached hydrogen (secondary N) is 2. The second kappa shape index (κ2) is 6.69. The molecule has 0 saturated heterocycles. The minimum Gasteiger partial charge on any atom is -0.355 e. The molecule has 1 amide bonds. The first-order valence-corrected chi connectivity index (χ1v) is 11.6. The maximum absolute atomic E-state index is 12.5. The zero-order valence-electron chi connectivity index (χ0n) is 16.4. The second-order valence-electron chi connectivity index (χ2n) is 9.45. The summed E-state index contributed by atoms with van der Waals surface area (Å²) < 4.78 is 0. The van der Waals surface area contributed by atoms with E-state index in [0.29, 0.717) is 16.3 Å². The van der Waals surface area contributed by atoms with Crippen LogP contribution < -0.4 is 5.32 Å². The number of aromatic amines is 1. The third kappa shape index (κ3) is 3.19. The molecule has 2 aromatic heterocycles. The van der Waals surface area contributed by atoms with Crippen molar-refractivity contribution < 1.29 is 4.79 Å². The number of carbonyl (C=O) groups excluding carboxylic acids is 1. The van der Waals surface area contributed by atoms with Crippen LogP contribution in [0, 0.1) is 23.2 Å². The molecule has 3 aromatic rings. The van der Waals surface area contributed by atoms with Gasteiger partial charge in [-0.1, -0.05) is 30.0 Å². The van der Waals surface area contributed by atoms with Crippen LogP contribution in [0.3, 0.4) is 0 Å². The first-order chi connectivity index (χ1) is 14.2. The summed E-state index contributed by atoms with van der Waals surface area (Å²) in [5.41, 5.74) is 2.87. The van der Waals surface area contributed by atoms with Crippen LogP contribution in [0.2, 0.25) is 0 Å². The van der Waals surface area contributed by atoms with E-state index < -0.39 is 0 Å². The molecule has 2 heterocycles. The molecular formula is C22H25N5OS. The maximum Gasteiger partial charge on any atom is 0.230 e. The molecule has 4 aliphatic carbocycles. The first kappa shape index (κ1) is 17.7. The van der Waals surface area contributed by atoms with Crippen LogP contribution in [0.1, 0.15) is 38.5 Å². The molecule has 150 valence electrons. The number of H-pyrrole nitrogens is 1. The summed E-state index contributed by atoms with van der Waals surface area (Å²) in [4.78, 5) is 20.3. The number of hydrogen-bond donors (Lipinski definition) is 2. The van der Waals surface area contributed by atoms with Gasteiger partial charge in [0.1, 0.15) is 5.52 Å². The summed E-state index contributed by atoms with van der Waals surface area (Å²) in [5, 5.41) is 13.3. The van der Waals surface area contributed by atoms with Crippen LogP contribution in [-0.4, -0.2) is 38.4 Å². The largest absolute Gasteiger partial charge is 0.355 e. The van der Waals surface area contributed by atoms with E-state index in [0.717, 1.165) is 46.4 Å². The highest BCUT2D eigenvalue weighted by Crippen LogP contribution is 2.59. The molecule has 0 atom stereocenters. The fourth-order valence-electron chi connectivity index (χ4n) is 6.54. The zero-order valence-corrected chi connectivity index (χ0v) is 17.2. The number of rotatable bonds is 5. The topological polar surface area (TPSA) is 83.6 Å². The molecule has 4 bridgehead atoms. The van der Waals surface area contributed by atoms with Crippen LogP contribution >= 0.6 is 11.8 Å². The fraction of sp³-hybridized carbons (Fsp3) is 0.545. The summed E-state index contributed by atoms with van der Waals surface area (Å²) in [7, 11) is 0. The highest BCUT2D eigenvalue weighted by molar-refractivity contribution is 7.99. The van der Waals surface area contributed by atoms with E-state index in [1.54, 1.807) is 0 Å². The van der Waals surface area contributed by atoms with Crippen molar-refractivity contribution in [2.75, 3.05) is 12.3 Å². The van der Waals surface area contributed by atoms with Gasteiger partial charge in [0, 0.05) is 17.4 Å². The lowest BCUT2D eigenvalue weighted by Crippen LogP contribution is -2.51. The molecule has 0 aliphatic heterocycles. The number of amides is 1. The molecule has 0 radical (unpaired) electrons. The van der Waals surface area contributed by atoms with Gasteiger partial charge in [-0.05, 0) is 67.8 Å². The van der Waals surface area contributed by atoms with Gasteiger partial charge < -0.3 is 10.3 Å². The Morgan fingerprint density at radius 3 is 2.59 bits per heavy atom. The van der Waals surface area contributed by atoms with E-state index in [2.05, 4.69) is 25.5 Å². The Morgan fingerprint density at radius 1 is 1.10 bits per heavy atom. The molecule has 1 aromatic carbocycles. The van der Waals surface area contributed by atoms with Crippen LogP contribution in [0.5, 0.6) is 0 Å². The lowest BCUT2D eigenvalue weighted by molar-refractivity contribution is -0.120. The van der Waals surface area contributed by atoms with Gasteiger partial charge in [-0.25, -0.2) is 4.98 Å². The minimum absolute atomic E-state index is 0.0751. The Kier molecular flexibility index (Phi) is 4.08. The van der Waals surface area contributed by atoms with Crippen LogP contribution in [0.25, 0.3) is 22.1 Å². The Labute approximate surface area is 173 Å². The zero-order chi connectivity index (χ0) is 19.4. The van der Waals surface area contributed by atoms with Gasteiger partial charge >= 0.3 is 0 Å². The van der Waals surface area contributed by atoms with Crippen molar-refractivity contribution in [3.8, 4) is 0 Å². The normalized spacial score (nSPS) is 30.3. The summed E-state index contributed by atoms with van der Waals surface area (Å²) >= 11 is 1.35. The van der Waals surface area contributed by atoms with Crippen molar-refractivity contribution in [3.05, 3.63) is 24.3 Å². The number of thioether (sulfide) groups is 1. The molecule has 2 N–H and O–H groups in total. The Bertz CT molecular complexity index is 1060. The van der Waals surface area contributed by atoms with Crippen LogP contribution in [0.4, 0.5) is 0 Å². The molecular weight excluding hydrogens is 382 g/mol. The standard InChI is InChI=1S/C22H25N5OS/c28-18(23-12-22-8-13-5-14(9-22)7-15(6-13)10-22)11-29-21-25-20-19(26-27-21)16-3-1-2-4-17(16)24-20/h1-4,13-15H,5-12H2,(H,23,28)(H,24,25,27). The van der Waals surface area contributed by atoms with Gasteiger partial charge in [-0.15, -0.1) is 10.2 Å². The maximum atomic E-state index is 12.5. The van der Waals surface area contributed by atoms with E-state index in [9.17, 15) is 4.79 Å². The van der Waals surface area contributed by atoms with Crippen molar-refractivity contribution >= 4 is 39.7 Å². The van der Waals surface area contributed by atoms with Crippen molar-refractivity contribution in [3.63, 3.8) is 0 Å². The fourth-order valence-corrected chi connectivity index (χ4v) is 7.16. The predicted octanol–water partition coefficient (Wildman–Crippen LogP) is 3.93. The van der Waals surface area contributed by atoms with Crippen molar-refractivity contribution in [1.82, 2.24) is 25.5 Å². The molecule has 4 aliphatic rings. The molecule has 0 unspecified atom stereocenters. The van der Waals surface area contributed by atoms with Gasteiger partial charge in [0.15, 0.2) is 5.65 Å². The molecule has 4 saturated carbocycles. The number of fused-ring (bicyclic) bond motifs is 3. The van der Waals surface area contributed by atoms with Crippen molar-refractivity contribution in [1.29, 1.82) is 0 Å². The number of hydrogen-bond acceptors (Lipinski definition) is 5. The molecule has 29 heavy (non-hydrogen) atoms. The van der Waals surface area contributed by atoms with E-state index in [-0.39, 0.29) is 5.91 Å².